The molecule has 2 aromatic rings. The highest BCUT2D eigenvalue weighted by molar-refractivity contribution is 7.91. The molecular weight excluding hydrogens is 418 g/mol. The quantitative estimate of drug-likeness (QED) is 0.460. The molecule has 1 aliphatic rings. The van der Waals surface area contributed by atoms with E-state index in [0.717, 1.165) is 11.3 Å². The Kier molecular flexibility index (Phi) is 7.46. The van der Waals surface area contributed by atoms with Crippen LogP contribution in [0.2, 0.25) is 0 Å². The van der Waals surface area contributed by atoms with Crippen molar-refractivity contribution >= 4 is 33.5 Å². The minimum atomic E-state index is -3.18. The average Bonchev–Trinajstić information content (AvgIpc) is 3.12. The third kappa shape index (κ3) is 6.42. The summed E-state index contributed by atoms with van der Waals surface area (Å²) in [5, 5.41) is 0. The van der Waals surface area contributed by atoms with Gasteiger partial charge in [0.15, 0.2) is 16.4 Å². The Morgan fingerprint density at radius 2 is 1.81 bits per heavy atom. The zero-order valence-electron chi connectivity index (χ0n) is 17.3. The molecular formula is C23H25NO6S. The van der Waals surface area contributed by atoms with E-state index >= 15 is 0 Å². The summed E-state index contributed by atoms with van der Waals surface area (Å²) in [6.45, 7) is 2.00. The van der Waals surface area contributed by atoms with Crippen molar-refractivity contribution in [3.63, 3.8) is 0 Å². The van der Waals surface area contributed by atoms with Crippen LogP contribution in [0.4, 0.5) is 5.69 Å². The maximum atomic E-state index is 12.8. The number of ether oxygens (including phenoxy) is 2. The fraction of sp³-hybridized carbons (Fsp3) is 0.304. The Hall–Kier alpha value is -3.13. The van der Waals surface area contributed by atoms with Gasteiger partial charge in [-0.25, -0.2) is 13.2 Å². The van der Waals surface area contributed by atoms with E-state index in [0.29, 0.717) is 18.7 Å². The van der Waals surface area contributed by atoms with Gasteiger partial charge in [-0.3, -0.25) is 4.79 Å². The number of amides is 1. The molecule has 3 rings (SSSR count). The van der Waals surface area contributed by atoms with Crippen molar-refractivity contribution in [3.05, 3.63) is 66.2 Å². The van der Waals surface area contributed by atoms with Crippen LogP contribution in [0.5, 0.6) is 5.75 Å². The lowest BCUT2D eigenvalue weighted by molar-refractivity contribution is -0.143. The number of nitrogens with zero attached hydrogens (tertiary/aromatic N) is 1. The van der Waals surface area contributed by atoms with Crippen molar-refractivity contribution in [2.75, 3.05) is 29.6 Å². The minimum absolute atomic E-state index is 0.0406. The van der Waals surface area contributed by atoms with Crippen LogP contribution in [0, 0.1) is 0 Å². The van der Waals surface area contributed by atoms with Crippen molar-refractivity contribution in [2.24, 2.45) is 0 Å². The number of carbonyl (C=O) groups excluding carboxylic acids is 2. The van der Waals surface area contributed by atoms with Crippen LogP contribution >= 0.6 is 0 Å². The van der Waals surface area contributed by atoms with Crippen molar-refractivity contribution in [1.82, 2.24) is 0 Å². The number of esters is 1. The minimum Gasteiger partial charge on any atom is -0.494 e. The lowest BCUT2D eigenvalue weighted by Gasteiger charge is -2.28. The van der Waals surface area contributed by atoms with Gasteiger partial charge in [-0.15, -0.1) is 0 Å². The number of sulfone groups is 1. The van der Waals surface area contributed by atoms with Gasteiger partial charge in [-0.1, -0.05) is 30.3 Å². The Morgan fingerprint density at radius 3 is 2.42 bits per heavy atom. The van der Waals surface area contributed by atoms with Crippen LogP contribution in [0.15, 0.2) is 60.7 Å². The van der Waals surface area contributed by atoms with E-state index in [2.05, 4.69) is 0 Å². The number of anilines is 1. The lowest BCUT2D eigenvalue weighted by atomic mass is 10.2. The maximum absolute atomic E-state index is 12.8. The zero-order chi connectivity index (χ0) is 22.3. The van der Waals surface area contributed by atoms with Crippen LogP contribution in [-0.4, -0.2) is 51.1 Å². The van der Waals surface area contributed by atoms with Crippen LogP contribution < -0.4 is 9.64 Å². The Balaban J connectivity index is 1.61. The van der Waals surface area contributed by atoms with Crippen molar-refractivity contribution < 1.29 is 27.5 Å². The molecule has 2 aromatic carbocycles. The van der Waals surface area contributed by atoms with Crippen molar-refractivity contribution in [3.8, 4) is 5.75 Å². The first-order chi connectivity index (χ1) is 14.9. The predicted octanol–water partition coefficient (Wildman–Crippen LogP) is 2.86. The Bertz CT molecular complexity index is 1030. The largest absolute Gasteiger partial charge is 0.494 e. The fourth-order valence-corrected chi connectivity index (χ4v) is 5.08. The fourth-order valence-electron chi connectivity index (χ4n) is 3.38. The average molecular weight is 444 g/mol. The molecule has 1 saturated heterocycles. The van der Waals surface area contributed by atoms with Crippen LogP contribution in [-0.2, 0) is 24.2 Å². The molecule has 164 valence electrons. The molecule has 0 aromatic heterocycles. The molecule has 7 nitrogen and oxygen atoms in total. The lowest BCUT2D eigenvalue weighted by Crippen LogP contribution is -2.43. The van der Waals surface area contributed by atoms with Crippen LogP contribution in [0.1, 0.15) is 18.9 Å². The molecule has 1 heterocycles. The highest BCUT2D eigenvalue weighted by atomic mass is 32.2. The van der Waals surface area contributed by atoms with Gasteiger partial charge < -0.3 is 14.4 Å². The monoisotopic (exact) mass is 443 g/mol. The number of hydrogen-bond donors (Lipinski definition) is 0. The second kappa shape index (κ2) is 10.3. The van der Waals surface area contributed by atoms with Gasteiger partial charge in [-0.2, -0.15) is 0 Å². The zero-order valence-corrected chi connectivity index (χ0v) is 18.1. The molecule has 0 saturated carbocycles. The number of rotatable bonds is 8. The smallest absolute Gasteiger partial charge is 0.331 e. The third-order valence-corrected chi connectivity index (χ3v) is 6.57. The topological polar surface area (TPSA) is 90.0 Å². The molecule has 1 aliphatic heterocycles. The molecule has 31 heavy (non-hydrogen) atoms. The van der Waals surface area contributed by atoms with Gasteiger partial charge in [0, 0.05) is 11.8 Å². The van der Waals surface area contributed by atoms with Gasteiger partial charge >= 0.3 is 5.97 Å². The van der Waals surface area contributed by atoms with Crippen molar-refractivity contribution in [2.45, 2.75) is 19.4 Å². The Labute approximate surface area is 182 Å². The number of para-hydroxylation sites is 1. The van der Waals surface area contributed by atoms with Gasteiger partial charge in [0.25, 0.3) is 5.91 Å². The van der Waals surface area contributed by atoms with E-state index in [1.165, 1.54) is 11.0 Å². The normalized spacial score (nSPS) is 17.4. The second-order valence-corrected chi connectivity index (χ2v) is 9.33. The first-order valence-corrected chi connectivity index (χ1v) is 11.9. The highest BCUT2D eigenvalue weighted by Gasteiger charge is 2.35. The van der Waals surface area contributed by atoms with Crippen LogP contribution in [0.3, 0.4) is 0 Å². The molecule has 1 fully saturated rings. The van der Waals surface area contributed by atoms with Gasteiger partial charge in [0.2, 0.25) is 0 Å². The molecule has 0 N–H and O–H groups in total. The summed E-state index contributed by atoms with van der Waals surface area (Å²) < 4.78 is 34.3. The summed E-state index contributed by atoms with van der Waals surface area (Å²) >= 11 is 0. The molecule has 8 heteroatoms. The highest BCUT2D eigenvalue weighted by Crippen LogP contribution is 2.24. The van der Waals surface area contributed by atoms with E-state index in [1.807, 2.05) is 13.0 Å². The number of carbonyl (C=O) groups is 2. The van der Waals surface area contributed by atoms with Crippen LogP contribution in [0.25, 0.3) is 6.08 Å². The number of hydrogen-bond acceptors (Lipinski definition) is 6. The van der Waals surface area contributed by atoms with E-state index < -0.39 is 34.4 Å². The standard InChI is InChI=1S/C23H25NO6S/c1-2-29-21-11-8-18(9-12-21)10-13-23(26)30-16-22(25)24(19-6-4-3-5-7-19)20-14-15-31(27,28)17-20/h3-13,20H,2,14-17H2,1H3/b13-10+. The summed E-state index contributed by atoms with van der Waals surface area (Å²) in [4.78, 5) is 26.3. The summed E-state index contributed by atoms with van der Waals surface area (Å²) in [5.41, 5.74) is 1.37. The SMILES string of the molecule is CCOc1ccc(/C=C/C(=O)OCC(=O)N(c2ccccc2)C2CCS(=O)(=O)C2)cc1. The van der Waals surface area contributed by atoms with E-state index in [9.17, 15) is 18.0 Å². The maximum Gasteiger partial charge on any atom is 0.331 e. The van der Waals surface area contributed by atoms with E-state index in [4.69, 9.17) is 9.47 Å². The van der Waals surface area contributed by atoms with E-state index in [-0.39, 0.29) is 11.5 Å². The molecule has 0 radical (unpaired) electrons. The summed E-state index contributed by atoms with van der Waals surface area (Å²) in [6.07, 6.45) is 3.19. The first-order valence-electron chi connectivity index (χ1n) is 10.0. The molecule has 0 bridgehead atoms. The summed E-state index contributed by atoms with van der Waals surface area (Å²) in [5.74, 6) is -0.439. The van der Waals surface area contributed by atoms with Gasteiger partial charge in [0.05, 0.1) is 24.2 Å². The molecule has 0 spiro atoms. The summed E-state index contributed by atoms with van der Waals surface area (Å²) in [7, 11) is -3.18. The predicted molar refractivity (Wildman–Crippen MR) is 119 cm³/mol. The van der Waals surface area contributed by atoms with Gasteiger partial charge in [-0.05, 0) is 49.2 Å². The van der Waals surface area contributed by atoms with Gasteiger partial charge in [0.1, 0.15) is 5.75 Å². The molecule has 1 amide bonds. The second-order valence-electron chi connectivity index (χ2n) is 7.10. The summed E-state index contributed by atoms with van der Waals surface area (Å²) in [6, 6.07) is 15.5. The van der Waals surface area contributed by atoms with Crippen molar-refractivity contribution in [1.29, 1.82) is 0 Å². The number of benzene rings is 2. The Morgan fingerprint density at radius 1 is 1.10 bits per heavy atom. The molecule has 0 aliphatic carbocycles. The molecule has 1 unspecified atom stereocenters. The molecule has 1 atom stereocenters. The first kappa shape index (κ1) is 22.6. The third-order valence-electron chi connectivity index (χ3n) is 4.82. The van der Waals surface area contributed by atoms with E-state index in [1.54, 1.807) is 54.6 Å².